The smallest absolute Gasteiger partial charge is 0.194 e. The Morgan fingerprint density at radius 1 is 1.00 bits per heavy atom. The molecule has 0 N–H and O–H groups in total. The van der Waals surface area contributed by atoms with Crippen LogP contribution in [0.1, 0.15) is 78.7 Å². The van der Waals surface area contributed by atoms with Crippen LogP contribution in [0, 0.1) is 40.5 Å². The molecule has 182 valence electrons. The first-order valence-corrected chi connectivity index (χ1v) is 13.2. The highest BCUT2D eigenvalue weighted by molar-refractivity contribution is 5.68. The van der Waals surface area contributed by atoms with Crippen LogP contribution < -0.4 is 9.13 Å². The lowest BCUT2D eigenvalue weighted by atomic mass is 9.77. The van der Waals surface area contributed by atoms with Crippen LogP contribution in [-0.4, -0.2) is 0 Å². The predicted molar refractivity (Wildman–Crippen MR) is 147 cm³/mol. The molecule has 3 atom stereocenters. The fourth-order valence-corrected chi connectivity index (χ4v) is 5.95. The van der Waals surface area contributed by atoms with E-state index in [2.05, 4.69) is 118 Å². The molecular formula is C33H42N2+2. The van der Waals surface area contributed by atoms with E-state index in [9.17, 15) is 0 Å². The SMILES string of the molecule is C=C(C1c2cc(C)ccc2-c2cc(C)c(C)c[n+]2C1CCC(/C=C\C)CC)[n+]1c(C)cccc1C. The minimum Gasteiger partial charge on any atom is -0.194 e. The van der Waals surface area contributed by atoms with Gasteiger partial charge in [0.2, 0.25) is 5.69 Å². The summed E-state index contributed by atoms with van der Waals surface area (Å²) < 4.78 is 4.95. The van der Waals surface area contributed by atoms with Gasteiger partial charge < -0.3 is 0 Å². The molecule has 1 aromatic carbocycles. The van der Waals surface area contributed by atoms with Gasteiger partial charge in [-0.05, 0) is 76.3 Å². The van der Waals surface area contributed by atoms with Crippen molar-refractivity contribution in [2.24, 2.45) is 5.92 Å². The summed E-state index contributed by atoms with van der Waals surface area (Å²) in [6.07, 6.45) is 10.5. The molecule has 0 spiro atoms. The molecule has 4 rings (SSSR count). The van der Waals surface area contributed by atoms with Crippen molar-refractivity contribution in [1.29, 1.82) is 0 Å². The van der Waals surface area contributed by atoms with E-state index >= 15 is 0 Å². The van der Waals surface area contributed by atoms with Gasteiger partial charge in [-0.2, -0.15) is 9.13 Å². The van der Waals surface area contributed by atoms with Crippen LogP contribution in [0.5, 0.6) is 0 Å². The summed E-state index contributed by atoms with van der Waals surface area (Å²) in [5, 5.41) is 0. The molecule has 35 heavy (non-hydrogen) atoms. The number of pyridine rings is 2. The van der Waals surface area contributed by atoms with E-state index in [1.54, 1.807) is 0 Å². The van der Waals surface area contributed by atoms with E-state index in [1.165, 1.54) is 63.4 Å². The first-order chi connectivity index (χ1) is 16.8. The summed E-state index contributed by atoms with van der Waals surface area (Å²) in [5.74, 6) is 0.814. The highest BCUT2D eigenvalue weighted by atomic mass is 15.1. The zero-order valence-electron chi connectivity index (χ0n) is 22.7. The summed E-state index contributed by atoms with van der Waals surface area (Å²) >= 11 is 0. The Labute approximate surface area is 212 Å². The van der Waals surface area contributed by atoms with Crippen molar-refractivity contribution in [3.05, 3.63) is 101 Å². The summed E-state index contributed by atoms with van der Waals surface area (Å²) in [6, 6.07) is 16.2. The maximum Gasteiger partial charge on any atom is 0.213 e. The lowest BCUT2D eigenvalue weighted by molar-refractivity contribution is -0.721. The molecule has 0 saturated carbocycles. The quantitative estimate of drug-likeness (QED) is 0.249. The lowest BCUT2D eigenvalue weighted by Gasteiger charge is -2.31. The first-order valence-electron chi connectivity index (χ1n) is 13.2. The molecule has 2 nitrogen and oxygen atoms in total. The molecule has 3 unspecified atom stereocenters. The first kappa shape index (κ1) is 25.1. The van der Waals surface area contributed by atoms with E-state index in [-0.39, 0.29) is 5.92 Å². The number of rotatable bonds is 7. The van der Waals surface area contributed by atoms with Gasteiger partial charge in [-0.3, -0.25) is 0 Å². The van der Waals surface area contributed by atoms with Crippen LogP contribution in [0.4, 0.5) is 0 Å². The average Bonchev–Trinajstić information content (AvgIpc) is 2.82. The van der Waals surface area contributed by atoms with E-state index in [0.29, 0.717) is 12.0 Å². The number of allylic oxidation sites excluding steroid dienone is 3. The van der Waals surface area contributed by atoms with Crippen LogP contribution in [0.2, 0.25) is 0 Å². The molecule has 0 fully saturated rings. The number of hydrogen-bond acceptors (Lipinski definition) is 0. The van der Waals surface area contributed by atoms with Crippen LogP contribution in [0.3, 0.4) is 0 Å². The molecule has 0 aliphatic carbocycles. The summed E-state index contributed by atoms with van der Waals surface area (Å²) in [5.41, 5.74) is 11.7. The largest absolute Gasteiger partial charge is 0.213 e. The number of aromatic nitrogens is 2. The average molecular weight is 467 g/mol. The fourth-order valence-electron chi connectivity index (χ4n) is 5.95. The van der Waals surface area contributed by atoms with Crippen LogP contribution >= 0.6 is 0 Å². The molecular weight excluding hydrogens is 424 g/mol. The Morgan fingerprint density at radius 2 is 1.71 bits per heavy atom. The zero-order chi connectivity index (χ0) is 25.3. The number of fused-ring (bicyclic) bond motifs is 3. The third kappa shape index (κ3) is 4.76. The molecule has 2 aromatic heterocycles. The third-order valence-corrected chi connectivity index (χ3v) is 7.99. The highest BCUT2D eigenvalue weighted by Crippen LogP contribution is 2.45. The standard InChI is InChI=1S/C33H42N2/c1-9-12-28(10-2)16-18-31-33(27(8)35-25(6)13-11-14-26(35)7)30-19-22(3)15-17-29(30)32-20-23(4)24(5)21-34(31)32/h9,11-15,17,19-21,28,31,33H,8,10,16,18H2,1-7H3/q+2/b12-9-. The van der Waals surface area contributed by atoms with Crippen molar-refractivity contribution in [3.63, 3.8) is 0 Å². The topological polar surface area (TPSA) is 7.76 Å². The van der Waals surface area contributed by atoms with Gasteiger partial charge in [0.25, 0.3) is 0 Å². The number of nitrogens with zero attached hydrogens (tertiary/aromatic N) is 2. The van der Waals surface area contributed by atoms with Crippen LogP contribution in [0.15, 0.2) is 67.4 Å². The minimum atomic E-state index is 0.206. The van der Waals surface area contributed by atoms with Crippen molar-refractivity contribution < 1.29 is 9.13 Å². The molecule has 0 bridgehead atoms. The van der Waals surface area contributed by atoms with Gasteiger partial charge in [0.05, 0.1) is 5.56 Å². The van der Waals surface area contributed by atoms with Crippen LogP contribution in [-0.2, 0) is 0 Å². The van der Waals surface area contributed by atoms with Gasteiger partial charge in [-0.1, -0.05) is 36.8 Å². The van der Waals surface area contributed by atoms with Crippen molar-refractivity contribution in [3.8, 4) is 11.3 Å². The van der Waals surface area contributed by atoms with Crippen LogP contribution in [0.25, 0.3) is 17.0 Å². The molecule has 3 aromatic rings. The highest BCUT2D eigenvalue weighted by Gasteiger charge is 2.45. The van der Waals surface area contributed by atoms with Crippen molar-refractivity contribution in [2.45, 2.75) is 79.7 Å². The van der Waals surface area contributed by atoms with E-state index in [4.69, 9.17) is 6.58 Å². The molecule has 1 aliphatic heterocycles. The van der Waals surface area contributed by atoms with E-state index in [1.807, 2.05) is 0 Å². The van der Waals surface area contributed by atoms with Gasteiger partial charge in [0.1, 0.15) is 5.92 Å². The van der Waals surface area contributed by atoms with E-state index in [0.717, 1.165) is 6.42 Å². The fraction of sp³-hybridized carbons (Fsp3) is 0.394. The molecule has 3 heterocycles. The molecule has 1 aliphatic rings. The normalized spacial score (nSPS) is 17.8. The third-order valence-electron chi connectivity index (χ3n) is 7.99. The Balaban J connectivity index is 1.94. The van der Waals surface area contributed by atoms with Gasteiger partial charge in [-0.15, -0.1) is 0 Å². The van der Waals surface area contributed by atoms with Crippen molar-refractivity contribution in [2.75, 3.05) is 0 Å². The second kappa shape index (κ2) is 10.3. The van der Waals surface area contributed by atoms with Gasteiger partial charge in [0, 0.05) is 44.0 Å². The summed E-state index contributed by atoms with van der Waals surface area (Å²) in [7, 11) is 0. The second-order valence-corrected chi connectivity index (χ2v) is 10.5. The van der Waals surface area contributed by atoms with Crippen molar-refractivity contribution in [1.82, 2.24) is 0 Å². The Bertz CT molecular complexity index is 1260. The Kier molecular flexibility index (Phi) is 7.40. The second-order valence-electron chi connectivity index (χ2n) is 10.5. The summed E-state index contributed by atoms with van der Waals surface area (Å²) in [4.78, 5) is 0. The van der Waals surface area contributed by atoms with Gasteiger partial charge in [0.15, 0.2) is 29.3 Å². The maximum absolute atomic E-state index is 4.78. The number of aryl methyl sites for hydroxylation is 5. The molecule has 0 saturated heterocycles. The zero-order valence-corrected chi connectivity index (χ0v) is 22.7. The van der Waals surface area contributed by atoms with E-state index < -0.39 is 0 Å². The Hall–Kier alpha value is -3.00. The summed E-state index contributed by atoms with van der Waals surface area (Å²) in [6.45, 7) is 20.3. The minimum absolute atomic E-state index is 0.206. The molecule has 0 radical (unpaired) electrons. The van der Waals surface area contributed by atoms with Gasteiger partial charge >= 0.3 is 0 Å². The monoisotopic (exact) mass is 466 g/mol. The molecule has 0 amide bonds. The number of hydrogen-bond donors (Lipinski definition) is 0. The number of benzene rings is 1. The predicted octanol–water partition coefficient (Wildman–Crippen LogP) is 7.66. The van der Waals surface area contributed by atoms with Gasteiger partial charge in [-0.25, -0.2) is 0 Å². The Morgan fingerprint density at radius 3 is 2.37 bits per heavy atom. The van der Waals surface area contributed by atoms with Crippen molar-refractivity contribution >= 4 is 5.70 Å². The lowest BCUT2D eigenvalue weighted by Crippen LogP contribution is -2.52. The maximum atomic E-state index is 4.78. The molecule has 2 heteroatoms.